The van der Waals surface area contributed by atoms with Gasteiger partial charge in [0.1, 0.15) is 0 Å². The Hall–Kier alpha value is -1.47. The predicted molar refractivity (Wildman–Crippen MR) is 96.6 cm³/mol. The quantitative estimate of drug-likeness (QED) is 0.648. The SMILES string of the molecule is CC[C@@H](CO)N(Cc1ccsc1)Cc1ccc(-c2ccn[nH]2)s1. The van der Waals surface area contributed by atoms with Gasteiger partial charge in [0, 0.05) is 30.2 Å². The fourth-order valence-electron chi connectivity index (χ4n) is 2.63. The molecule has 4 nitrogen and oxygen atoms in total. The van der Waals surface area contributed by atoms with Gasteiger partial charge in [-0.15, -0.1) is 11.3 Å². The van der Waals surface area contributed by atoms with E-state index in [-0.39, 0.29) is 12.6 Å². The molecule has 0 bridgehead atoms. The zero-order valence-corrected chi connectivity index (χ0v) is 14.7. The molecule has 0 aromatic carbocycles. The lowest BCUT2D eigenvalue weighted by atomic mass is 10.1. The number of aromatic amines is 1. The zero-order valence-electron chi connectivity index (χ0n) is 13.1. The summed E-state index contributed by atoms with van der Waals surface area (Å²) in [7, 11) is 0. The maximum atomic E-state index is 9.71. The van der Waals surface area contributed by atoms with Gasteiger partial charge >= 0.3 is 0 Å². The van der Waals surface area contributed by atoms with Crippen LogP contribution in [0.2, 0.25) is 0 Å². The lowest BCUT2D eigenvalue weighted by Crippen LogP contribution is -2.36. The molecule has 0 aliphatic carbocycles. The average molecular weight is 348 g/mol. The van der Waals surface area contributed by atoms with E-state index in [1.807, 2.05) is 6.07 Å². The molecule has 3 rings (SSSR count). The van der Waals surface area contributed by atoms with Crippen molar-refractivity contribution in [3.63, 3.8) is 0 Å². The summed E-state index contributed by atoms with van der Waals surface area (Å²) in [5.74, 6) is 0. The van der Waals surface area contributed by atoms with Gasteiger partial charge in [0.05, 0.1) is 17.2 Å². The number of hydrogen-bond donors (Lipinski definition) is 2. The summed E-state index contributed by atoms with van der Waals surface area (Å²) in [5.41, 5.74) is 2.37. The molecule has 1 atom stereocenters. The molecule has 0 spiro atoms. The minimum Gasteiger partial charge on any atom is -0.395 e. The summed E-state index contributed by atoms with van der Waals surface area (Å²) in [6.45, 7) is 4.05. The maximum absolute atomic E-state index is 9.71. The number of nitrogens with zero attached hydrogens (tertiary/aromatic N) is 2. The van der Waals surface area contributed by atoms with E-state index in [1.165, 1.54) is 15.3 Å². The van der Waals surface area contributed by atoms with Crippen LogP contribution in [0, 0.1) is 0 Å². The lowest BCUT2D eigenvalue weighted by molar-refractivity contribution is 0.108. The molecule has 3 aromatic rings. The van der Waals surface area contributed by atoms with Gasteiger partial charge in [0.15, 0.2) is 0 Å². The molecule has 0 aliphatic rings. The second-order valence-corrected chi connectivity index (χ2v) is 7.47. The second kappa shape index (κ2) is 7.88. The van der Waals surface area contributed by atoms with E-state index >= 15 is 0 Å². The molecule has 2 N–H and O–H groups in total. The molecule has 6 heteroatoms. The number of hydrogen-bond acceptors (Lipinski definition) is 5. The molecule has 0 saturated heterocycles. The first-order chi connectivity index (χ1) is 11.3. The molecule has 0 amide bonds. The molecule has 0 unspecified atom stereocenters. The first-order valence-electron chi connectivity index (χ1n) is 7.74. The van der Waals surface area contributed by atoms with Crippen LogP contribution in [0.25, 0.3) is 10.6 Å². The Balaban J connectivity index is 1.75. The minimum absolute atomic E-state index is 0.188. The van der Waals surface area contributed by atoms with Crippen molar-refractivity contribution in [2.45, 2.75) is 32.5 Å². The third kappa shape index (κ3) is 4.09. The molecule has 0 aliphatic heterocycles. The molecule has 0 saturated carbocycles. The first-order valence-corrected chi connectivity index (χ1v) is 9.50. The summed E-state index contributed by atoms with van der Waals surface area (Å²) >= 11 is 3.50. The fourth-order valence-corrected chi connectivity index (χ4v) is 4.30. The smallest absolute Gasteiger partial charge is 0.0749 e. The highest BCUT2D eigenvalue weighted by atomic mass is 32.1. The van der Waals surface area contributed by atoms with Crippen molar-refractivity contribution in [2.24, 2.45) is 0 Å². The van der Waals surface area contributed by atoms with E-state index in [9.17, 15) is 5.11 Å². The standard InChI is InChI=1S/C17H21N3OS2/c1-2-14(11-21)20(9-13-6-8-22-12-13)10-15-3-4-17(23-15)16-5-7-18-19-16/h3-8,12,14,21H,2,9-11H2,1H3,(H,18,19)/t14-/m0/s1. The number of rotatable bonds is 8. The van der Waals surface area contributed by atoms with Crippen molar-refractivity contribution >= 4 is 22.7 Å². The number of aromatic nitrogens is 2. The van der Waals surface area contributed by atoms with Crippen LogP contribution in [0.1, 0.15) is 23.8 Å². The topological polar surface area (TPSA) is 52.1 Å². The highest BCUT2D eigenvalue weighted by Gasteiger charge is 2.18. The third-order valence-corrected chi connectivity index (χ3v) is 5.79. The summed E-state index contributed by atoms with van der Waals surface area (Å²) in [5, 5.41) is 21.0. The zero-order chi connectivity index (χ0) is 16.1. The van der Waals surface area contributed by atoms with Gasteiger partial charge < -0.3 is 5.11 Å². The van der Waals surface area contributed by atoms with E-state index < -0.39 is 0 Å². The first kappa shape index (κ1) is 16.4. The maximum Gasteiger partial charge on any atom is 0.0749 e. The summed E-state index contributed by atoms with van der Waals surface area (Å²) in [4.78, 5) is 4.87. The van der Waals surface area contributed by atoms with E-state index in [4.69, 9.17) is 0 Å². The Morgan fingerprint density at radius 1 is 1.26 bits per heavy atom. The fraction of sp³-hybridized carbons (Fsp3) is 0.353. The van der Waals surface area contributed by atoms with E-state index in [0.29, 0.717) is 0 Å². The van der Waals surface area contributed by atoms with Crippen LogP contribution in [0.15, 0.2) is 41.2 Å². The number of nitrogens with one attached hydrogen (secondary N) is 1. The summed E-state index contributed by atoms with van der Waals surface area (Å²) < 4.78 is 0. The van der Waals surface area contributed by atoms with Crippen molar-refractivity contribution in [1.29, 1.82) is 0 Å². The summed E-state index contributed by atoms with van der Waals surface area (Å²) in [6, 6.07) is 8.64. The molecular formula is C17H21N3OS2. The Morgan fingerprint density at radius 3 is 2.83 bits per heavy atom. The number of aliphatic hydroxyl groups is 1. The molecule has 122 valence electrons. The van der Waals surface area contributed by atoms with Gasteiger partial charge in [-0.05, 0) is 47.0 Å². The molecule has 3 heterocycles. The molecule has 0 fully saturated rings. The van der Waals surface area contributed by atoms with E-state index in [1.54, 1.807) is 28.9 Å². The third-order valence-electron chi connectivity index (χ3n) is 3.95. The van der Waals surface area contributed by atoms with E-state index in [0.717, 1.165) is 25.2 Å². The van der Waals surface area contributed by atoms with Crippen LogP contribution >= 0.6 is 22.7 Å². The van der Waals surface area contributed by atoms with E-state index in [2.05, 4.69) is 51.0 Å². The second-order valence-electron chi connectivity index (χ2n) is 5.52. The van der Waals surface area contributed by atoms with Crippen molar-refractivity contribution in [2.75, 3.05) is 6.61 Å². The van der Waals surface area contributed by atoms with Gasteiger partial charge in [-0.3, -0.25) is 10.00 Å². The van der Waals surface area contributed by atoms with Crippen LogP contribution in [0.4, 0.5) is 0 Å². The van der Waals surface area contributed by atoms with Gasteiger partial charge in [0.2, 0.25) is 0 Å². The Labute approximate surface area is 144 Å². The van der Waals surface area contributed by atoms with Gasteiger partial charge in [-0.2, -0.15) is 16.4 Å². The number of H-pyrrole nitrogens is 1. The normalized spacial score (nSPS) is 12.8. The molecule has 3 aromatic heterocycles. The minimum atomic E-state index is 0.188. The van der Waals surface area contributed by atoms with Crippen LogP contribution in [0.3, 0.4) is 0 Å². The highest BCUT2D eigenvalue weighted by molar-refractivity contribution is 7.15. The van der Waals surface area contributed by atoms with Crippen LogP contribution < -0.4 is 0 Å². The van der Waals surface area contributed by atoms with Crippen molar-refractivity contribution in [3.8, 4) is 10.6 Å². The molecule has 0 radical (unpaired) electrons. The predicted octanol–water partition coefficient (Wildman–Crippen LogP) is 3.97. The summed E-state index contributed by atoms with van der Waals surface area (Å²) in [6.07, 6.45) is 2.72. The van der Waals surface area contributed by atoms with Crippen LogP contribution in [0.5, 0.6) is 0 Å². The number of thiophene rings is 2. The Bertz CT molecular complexity index is 687. The van der Waals surface area contributed by atoms with Gasteiger partial charge in [0.25, 0.3) is 0 Å². The monoisotopic (exact) mass is 347 g/mol. The Morgan fingerprint density at radius 2 is 2.17 bits per heavy atom. The van der Waals surface area contributed by atoms with Gasteiger partial charge in [-0.1, -0.05) is 6.92 Å². The van der Waals surface area contributed by atoms with Crippen molar-refractivity contribution in [3.05, 3.63) is 51.7 Å². The molecule has 23 heavy (non-hydrogen) atoms. The molecular weight excluding hydrogens is 326 g/mol. The largest absolute Gasteiger partial charge is 0.395 e. The van der Waals surface area contributed by atoms with Gasteiger partial charge in [-0.25, -0.2) is 0 Å². The van der Waals surface area contributed by atoms with Crippen molar-refractivity contribution in [1.82, 2.24) is 15.1 Å². The number of aliphatic hydroxyl groups excluding tert-OH is 1. The van der Waals surface area contributed by atoms with Crippen molar-refractivity contribution < 1.29 is 5.11 Å². The Kier molecular flexibility index (Phi) is 5.61. The van der Waals surface area contributed by atoms with Crippen LogP contribution in [-0.2, 0) is 13.1 Å². The van der Waals surface area contributed by atoms with Crippen LogP contribution in [-0.4, -0.2) is 32.9 Å². The highest BCUT2D eigenvalue weighted by Crippen LogP contribution is 2.28. The average Bonchev–Trinajstić information content (AvgIpc) is 3.31. The lowest BCUT2D eigenvalue weighted by Gasteiger charge is -2.29.